The number of anilines is 1. The Bertz CT molecular complexity index is 892. The number of fused-ring (bicyclic) bond motifs is 1. The highest BCUT2D eigenvalue weighted by atomic mass is 32.2. The molecule has 1 amide bonds. The molecule has 134 valence electrons. The van der Waals surface area contributed by atoms with E-state index in [4.69, 9.17) is 0 Å². The maximum atomic E-state index is 12.9. The van der Waals surface area contributed by atoms with E-state index in [1.54, 1.807) is 13.8 Å². The fourth-order valence-electron chi connectivity index (χ4n) is 2.51. The third-order valence-corrected chi connectivity index (χ3v) is 7.20. The smallest absolute Gasteiger partial charge is 0.257 e. The number of carbonyl (C=O) groups is 1. The summed E-state index contributed by atoms with van der Waals surface area (Å²) in [7, 11) is -3.31. The van der Waals surface area contributed by atoms with Crippen LogP contribution in [0, 0.1) is 5.82 Å². The highest BCUT2D eigenvalue weighted by Crippen LogP contribution is 2.30. The number of hydrogen-bond donors (Lipinski definition) is 1. The number of amides is 1. The van der Waals surface area contributed by atoms with Crippen molar-refractivity contribution in [3.05, 3.63) is 46.2 Å². The Morgan fingerprint density at radius 3 is 2.64 bits per heavy atom. The van der Waals surface area contributed by atoms with E-state index in [9.17, 15) is 17.6 Å². The van der Waals surface area contributed by atoms with Gasteiger partial charge in [-0.25, -0.2) is 17.8 Å². The van der Waals surface area contributed by atoms with Crippen LogP contribution in [-0.4, -0.2) is 35.4 Å². The maximum Gasteiger partial charge on any atom is 0.257 e. The molecule has 1 N–H and O–H groups in total. The molecule has 6 nitrogen and oxygen atoms in total. The topological polar surface area (TPSA) is 79.4 Å². The SMILES string of the molecule is CC(C)S(=O)(=O)N1CCc2nc(NC(=O)c3ccc(F)cc3)sc2C1. The molecule has 0 unspecified atom stereocenters. The molecule has 0 atom stereocenters. The van der Waals surface area contributed by atoms with Crippen molar-refractivity contribution in [2.75, 3.05) is 11.9 Å². The largest absolute Gasteiger partial charge is 0.298 e. The molecule has 0 aliphatic carbocycles. The molecule has 0 saturated carbocycles. The minimum atomic E-state index is -3.31. The van der Waals surface area contributed by atoms with Gasteiger partial charge < -0.3 is 0 Å². The van der Waals surface area contributed by atoms with Gasteiger partial charge >= 0.3 is 0 Å². The Kier molecular flexibility index (Phi) is 4.90. The van der Waals surface area contributed by atoms with E-state index in [0.717, 1.165) is 10.6 Å². The molecule has 1 aliphatic heterocycles. The zero-order valence-electron chi connectivity index (χ0n) is 13.8. The standard InChI is InChI=1S/C16H18FN3O3S2/c1-10(2)25(22,23)20-8-7-13-14(9-20)24-16(18-13)19-15(21)11-3-5-12(17)6-4-11/h3-6,10H,7-9H2,1-2H3,(H,18,19,21). The average molecular weight is 383 g/mol. The quantitative estimate of drug-likeness (QED) is 0.880. The number of halogens is 1. The predicted octanol–water partition coefficient (Wildman–Crippen LogP) is 2.63. The third-order valence-electron chi connectivity index (χ3n) is 3.98. The molecule has 0 fully saturated rings. The second-order valence-electron chi connectivity index (χ2n) is 6.03. The van der Waals surface area contributed by atoms with Crippen LogP contribution in [0.4, 0.5) is 9.52 Å². The molecule has 0 radical (unpaired) electrons. The van der Waals surface area contributed by atoms with Crippen molar-refractivity contribution in [1.29, 1.82) is 0 Å². The summed E-state index contributed by atoms with van der Waals surface area (Å²) in [6.07, 6.45) is 0.518. The summed E-state index contributed by atoms with van der Waals surface area (Å²) in [5.41, 5.74) is 1.15. The van der Waals surface area contributed by atoms with Crippen molar-refractivity contribution in [1.82, 2.24) is 9.29 Å². The van der Waals surface area contributed by atoms with Crippen molar-refractivity contribution in [2.45, 2.75) is 32.1 Å². The van der Waals surface area contributed by atoms with Crippen LogP contribution in [0.25, 0.3) is 0 Å². The third kappa shape index (κ3) is 3.73. The van der Waals surface area contributed by atoms with Crippen molar-refractivity contribution < 1.29 is 17.6 Å². The molecule has 1 aromatic heterocycles. The van der Waals surface area contributed by atoms with Crippen molar-refractivity contribution in [3.8, 4) is 0 Å². The predicted molar refractivity (Wildman–Crippen MR) is 94.6 cm³/mol. The normalized spacial score (nSPS) is 15.2. The van der Waals surface area contributed by atoms with Gasteiger partial charge in [-0.05, 0) is 38.1 Å². The van der Waals surface area contributed by atoms with Crippen LogP contribution in [-0.2, 0) is 23.0 Å². The van der Waals surface area contributed by atoms with Gasteiger partial charge in [-0.3, -0.25) is 10.1 Å². The van der Waals surface area contributed by atoms with Gasteiger partial charge in [-0.2, -0.15) is 4.31 Å². The van der Waals surface area contributed by atoms with Gasteiger partial charge in [-0.15, -0.1) is 11.3 Å². The van der Waals surface area contributed by atoms with Gasteiger partial charge in [0.25, 0.3) is 5.91 Å². The lowest BCUT2D eigenvalue weighted by Gasteiger charge is -2.26. The first kappa shape index (κ1) is 18.0. The van der Waals surface area contributed by atoms with Gasteiger partial charge in [0.2, 0.25) is 10.0 Å². The maximum absolute atomic E-state index is 12.9. The molecule has 1 aromatic carbocycles. The summed E-state index contributed by atoms with van der Waals surface area (Å²) in [6, 6.07) is 5.23. The van der Waals surface area contributed by atoms with Gasteiger partial charge in [0.05, 0.1) is 10.9 Å². The molecule has 1 aliphatic rings. The summed E-state index contributed by atoms with van der Waals surface area (Å²) in [6.45, 7) is 3.99. The fraction of sp³-hybridized carbons (Fsp3) is 0.375. The highest BCUT2D eigenvalue weighted by Gasteiger charge is 2.31. The molecule has 2 heterocycles. The van der Waals surface area contributed by atoms with Crippen molar-refractivity contribution in [2.24, 2.45) is 0 Å². The second kappa shape index (κ2) is 6.81. The van der Waals surface area contributed by atoms with Crippen LogP contribution in [0.1, 0.15) is 34.8 Å². The number of rotatable bonds is 4. The first-order chi connectivity index (χ1) is 11.8. The molecule has 2 aromatic rings. The fourth-order valence-corrected chi connectivity index (χ4v) is 4.86. The Balaban J connectivity index is 1.74. The van der Waals surface area contributed by atoms with Crippen LogP contribution in [0.5, 0.6) is 0 Å². The minimum absolute atomic E-state index is 0.278. The summed E-state index contributed by atoms with van der Waals surface area (Å²) < 4.78 is 39.0. The van der Waals surface area contributed by atoms with Crippen molar-refractivity contribution in [3.63, 3.8) is 0 Å². The monoisotopic (exact) mass is 383 g/mol. The van der Waals surface area contributed by atoms with E-state index in [1.165, 1.54) is 39.9 Å². The summed E-state index contributed by atoms with van der Waals surface area (Å²) in [4.78, 5) is 17.4. The first-order valence-electron chi connectivity index (χ1n) is 7.82. The molecule has 0 saturated heterocycles. The van der Waals surface area contributed by atoms with Gasteiger partial charge in [0.15, 0.2) is 5.13 Å². The van der Waals surface area contributed by atoms with Crippen LogP contribution in [0.15, 0.2) is 24.3 Å². The average Bonchev–Trinajstić information content (AvgIpc) is 2.96. The van der Waals surface area contributed by atoms with E-state index in [2.05, 4.69) is 10.3 Å². The summed E-state index contributed by atoms with van der Waals surface area (Å²) >= 11 is 1.27. The molecular formula is C16H18FN3O3S2. The Hall–Kier alpha value is -1.84. The van der Waals surface area contributed by atoms with E-state index in [-0.39, 0.29) is 12.5 Å². The highest BCUT2D eigenvalue weighted by molar-refractivity contribution is 7.89. The van der Waals surface area contributed by atoms with Gasteiger partial charge in [0.1, 0.15) is 5.82 Å². The van der Waals surface area contributed by atoms with E-state index in [0.29, 0.717) is 23.7 Å². The Morgan fingerprint density at radius 2 is 2.00 bits per heavy atom. The van der Waals surface area contributed by atoms with E-state index < -0.39 is 21.1 Å². The van der Waals surface area contributed by atoms with E-state index >= 15 is 0 Å². The minimum Gasteiger partial charge on any atom is -0.298 e. The number of benzene rings is 1. The number of carbonyl (C=O) groups excluding carboxylic acids is 1. The lowest BCUT2D eigenvalue weighted by atomic mass is 10.2. The Labute approximate surface area is 149 Å². The second-order valence-corrected chi connectivity index (χ2v) is 9.60. The van der Waals surface area contributed by atoms with Crippen molar-refractivity contribution >= 4 is 32.4 Å². The van der Waals surface area contributed by atoms with Crippen LogP contribution < -0.4 is 5.32 Å². The van der Waals surface area contributed by atoms with Crippen LogP contribution in [0.3, 0.4) is 0 Å². The van der Waals surface area contributed by atoms with Crippen LogP contribution >= 0.6 is 11.3 Å². The summed E-state index contributed by atoms with van der Waals surface area (Å²) in [5, 5.41) is 2.64. The van der Waals surface area contributed by atoms with Gasteiger partial charge in [0, 0.05) is 30.0 Å². The first-order valence-corrected chi connectivity index (χ1v) is 10.1. The number of aromatic nitrogens is 1. The number of nitrogens with one attached hydrogen (secondary N) is 1. The zero-order chi connectivity index (χ0) is 18.2. The molecule has 25 heavy (non-hydrogen) atoms. The molecular weight excluding hydrogens is 365 g/mol. The lowest BCUT2D eigenvalue weighted by molar-refractivity contribution is 0.102. The lowest BCUT2D eigenvalue weighted by Crippen LogP contribution is -2.39. The molecule has 0 spiro atoms. The molecule has 0 bridgehead atoms. The molecule has 3 rings (SSSR count). The zero-order valence-corrected chi connectivity index (χ0v) is 15.5. The number of sulfonamides is 1. The number of thiazole rings is 1. The summed E-state index contributed by atoms with van der Waals surface area (Å²) in [5.74, 6) is -0.787. The van der Waals surface area contributed by atoms with Crippen LogP contribution in [0.2, 0.25) is 0 Å². The number of hydrogen-bond acceptors (Lipinski definition) is 5. The number of nitrogens with zero attached hydrogens (tertiary/aromatic N) is 2. The Morgan fingerprint density at radius 1 is 1.32 bits per heavy atom. The van der Waals surface area contributed by atoms with Gasteiger partial charge in [-0.1, -0.05) is 0 Å². The molecule has 9 heteroatoms. The van der Waals surface area contributed by atoms with E-state index in [1.807, 2.05) is 0 Å².